The Morgan fingerprint density at radius 2 is 2.11 bits per heavy atom. The largest absolute Gasteiger partial charge is 0.493 e. The molecule has 0 atom stereocenters. The number of halogens is 1. The zero-order chi connectivity index (χ0) is 19.4. The fourth-order valence-corrected chi connectivity index (χ4v) is 4.85. The molecule has 4 nitrogen and oxygen atoms in total. The van der Waals surface area contributed by atoms with E-state index in [-0.39, 0.29) is 0 Å². The molecule has 0 N–H and O–H groups in total. The lowest BCUT2D eigenvalue weighted by Crippen LogP contribution is -2.06. The monoisotopic (exact) mass is 446 g/mol. The van der Waals surface area contributed by atoms with E-state index >= 15 is 0 Å². The van der Waals surface area contributed by atoms with E-state index in [1.165, 1.54) is 16.9 Å². The van der Waals surface area contributed by atoms with Crippen molar-refractivity contribution in [2.45, 2.75) is 39.5 Å². The van der Waals surface area contributed by atoms with Crippen LogP contribution in [0.1, 0.15) is 48.3 Å². The van der Waals surface area contributed by atoms with Gasteiger partial charge in [0.15, 0.2) is 11.5 Å². The molecule has 0 radical (unpaired) electrons. The minimum Gasteiger partial charge on any atom is -0.493 e. The number of methoxy groups -OCH3 is 1. The molecule has 0 unspecified atom stereocenters. The number of ether oxygens (including phenoxy) is 2. The second-order valence-electron chi connectivity index (χ2n) is 7.00. The molecule has 1 aliphatic rings. The molecule has 1 heterocycles. The second kappa shape index (κ2) is 8.90. The lowest BCUT2D eigenvalue weighted by molar-refractivity contribution is 0.255. The molecule has 142 valence electrons. The third-order valence-electron chi connectivity index (χ3n) is 4.41. The first kappa shape index (κ1) is 19.9. The molecule has 0 bridgehead atoms. The number of nitriles is 1. The summed E-state index contributed by atoms with van der Waals surface area (Å²) < 4.78 is 12.2. The van der Waals surface area contributed by atoms with E-state index in [1.54, 1.807) is 24.7 Å². The Balaban J connectivity index is 1.89. The quantitative estimate of drug-likeness (QED) is 0.506. The van der Waals surface area contributed by atoms with Crippen molar-refractivity contribution < 1.29 is 9.47 Å². The van der Waals surface area contributed by atoms with Crippen molar-refractivity contribution in [1.29, 1.82) is 5.26 Å². The van der Waals surface area contributed by atoms with Gasteiger partial charge in [-0.1, -0.05) is 13.8 Å². The SMILES string of the molecule is COc1cc(C=Nc2sc3c(c2C#N)CCCC3)cc(Br)c1OCC(C)C. The van der Waals surface area contributed by atoms with Crippen molar-refractivity contribution >= 4 is 38.5 Å². The molecule has 1 aromatic heterocycles. The fourth-order valence-electron chi connectivity index (χ4n) is 3.10. The first-order valence-electron chi connectivity index (χ1n) is 9.12. The van der Waals surface area contributed by atoms with Crippen molar-refractivity contribution in [3.63, 3.8) is 0 Å². The highest BCUT2D eigenvalue weighted by atomic mass is 79.9. The van der Waals surface area contributed by atoms with Gasteiger partial charge in [-0.2, -0.15) is 5.26 Å². The summed E-state index contributed by atoms with van der Waals surface area (Å²) in [6.45, 7) is 4.83. The zero-order valence-corrected chi connectivity index (χ0v) is 18.2. The van der Waals surface area contributed by atoms with Crippen LogP contribution in [0, 0.1) is 17.2 Å². The van der Waals surface area contributed by atoms with Crippen LogP contribution in [0.3, 0.4) is 0 Å². The van der Waals surface area contributed by atoms with Crippen LogP contribution in [0.5, 0.6) is 11.5 Å². The summed E-state index contributed by atoms with van der Waals surface area (Å²) in [4.78, 5) is 5.95. The Hall–Kier alpha value is -1.84. The van der Waals surface area contributed by atoms with Crippen molar-refractivity contribution in [3.8, 4) is 17.6 Å². The van der Waals surface area contributed by atoms with E-state index in [0.29, 0.717) is 24.0 Å². The molecule has 2 aromatic rings. The average Bonchev–Trinajstić information content (AvgIpc) is 3.02. The Morgan fingerprint density at radius 1 is 1.33 bits per heavy atom. The van der Waals surface area contributed by atoms with Gasteiger partial charge < -0.3 is 9.47 Å². The van der Waals surface area contributed by atoms with Crippen LogP contribution >= 0.6 is 27.3 Å². The fraction of sp³-hybridized carbons (Fsp3) is 0.429. The lowest BCUT2D eigenvalue weighted by Gasteiger charge is -2.14. The molecule has 0 spiro atoms. The van der Waals surface area contributed by atoms with Gasteiger partial charge in [-0.15, -0.1) is 11.3 Å². The van der Waals surface area contributed by atoms with Gasteiger partial charge in [0.25, 0.3) is 0 Å². The molecule has 1 aromatic carbocycles. The van der Waals surface area contributed by atoms with Crippen molar-refractivity contribution in [2.24, 2.45) is 10.9 Å². The number of aryl methyl sites for hydroxylation is 1. The molecule has 0 saturated carbocycles. The topological polar surface area (TPSA) is 54.6 Å². The summed E-state index contributed by atoms with van der Waals surface area (Å²) in [5.74, 6) is 1.79. The van der Waals surface area contributed by atoms with Crippen LogP contribution < -0.4 is 9.47 Å². The van der Waals surface area contributed by atoms with Crippen molar-refractivity contribution in [2.75, 3.05) is 13.7 Å². The first-order chi connectivity index (χ1) is 13.0. The first-order valence-corrected chi connectivity index (χ1v) is 10.7. The number of hydrogen-bond donors (Lipinski definition) is 0. The molecule has 27 heavy (non-hydrogen) atoms. The number of aliphatic imine (C=N–C) groups is 1. The van der Waals surface area contributed by atoms with Gasteiger partial charge in [0.1, 0.15) is 11.1 Å². The van der Waals surface area contributed by atoms with E-state index in [2.05, 4.69) is 40.8 Å². The van der Waals surface area contributed by atoms with Crippen LogP contribution in [-0.4, -0.2) is 19.9 Å². The van der Waals surface area contributed by atoms with E-state index < -0.39 is 0 Å². The van der Waals surface area contributed by atoms with Gasteiger partial charge in [-0.3, -0.25) is 0 Å². The van der Waals surface area contributed by atoms with Gasteiger partial charge in [-0.05, 0) is 70.8 Å². The minimum atomic E-state index is 0.428. The van der Waals surface area contributed by atoms with Gasteiger partial charge in [0, 0.05) is 11.1 Å². The van der Waals surface area contributed by atoms with Gasteiger partial charge in [0.05, 0.1) is 23.8 Å². The van der Waals surface area contributed by atoms with Crippen LogP contribution in [-0.2, 0) is 12.8 Å². The second-order valence-corrected chi connectivity index (χ2v) is 8.94. The van der Waals surface area contributed by atoms with Crippen LogP contribution in [0.2, 0.25) is 0 Å². The van der Waals surface area contributed by atoms with Crippen LogP contribution in [0.25, 0.3) is 0 Å². The summed E-state index contributed by atoms with van der Waals surface area (Å²) in [5, 5.41) is 10.4. The summed E-state index contributed by atoms with van der Waals surface area (Å²) in [6.07, 6.45) is 6.20. The number of hydrogen-bond acceptors (Lipinski definition) is 5. The molecule has 1 aliphatic carbocycles. The highest BCUT2D eigenvalue weighted by Gasteiger charge is 2.20. The number of nitrogens with zero attached hydrogens (tertiary/aromatic N) is 2. The Morgan fingerprint density at radius 3 is 2.81 bits per heavy atom. The Kier molecular flexibility index (Phi) is 6.56. The summed E-state index contributed by atoms with van der Waals surface area (Å²) in [6, 6.07) is 6.22. The van der Waals surface area contributed by atoms with Gasteiger partial charge in [0.2, 0.25) is 0 Å². The summed E-state index contributed by atoms with van der Waals surface area (Å²) >= 11 is 5.22. The maximum atomic E-state index is 9.57. The molecule has 0 aliphatic heterocycles. The zero-order valence-electron chi connectivity index (χ0n) is 15.8. The lowest BCUT2D eigenvalue weighted by atomic mass is 9.96. The number of fused-ring (bicyclic) bond motifs is 1. The Labute approximate surface area is 173 Å². The third-order valence-corrected chi connectivity index (χ3v) is 6.20. The molecule has 0 amide bonds. The predicted octanol–water partition coefficient (Wildman–Crippen LogP) is 6.06. The Bertz CT molecular complexity index is 897. The van der Waals surface area contributed by atoms with Crippen LogP contribution in [0.4, 0.5) is 5.00 Å². The van der Waals surface area contributed by atoms with E-state index in [9.17, 15) is 5.26 Å². The molecular weight excluding hydrogens is 424 g/mol. The predicted molar refractivity (Wildman–Crippen MR) is 114 cm³/mol. The standard InChI is InChI=1S/C21H23BrN2O2S/c1-13(2)12-26-20-17(22)8-14(9-18(20)25-3)11-24-21-16(10-23)15-6-4-5-7-19(15)27-21/h8-9,11,13H,4-7,12H2,1-3H3. The van der Waals surface area contributed by atoms with Crippen LogP contribution in [0.15, 0.2) is 21.6 Å². The van der Waals surface area contributed by atoms with Gasteiger partial charge >= 0.3 is 0 Å². The maximum Gasteiger partial charge on any atom is 0.175 e. The van der Waals surface area contributed by atoms with E-state index in [0.717, 1.165) is 39.9 Å². The third kappa shape index (κ3) is 4.53. The molecule has 3 rings (SSSR count). The van der Waals surface area contributed by atoms with Crippen molar-refractivity contribution in [1.82, 2.24) is 0 Å². The average molecular weight is 447 g/mol. The molecular formula is C21H23BrN2O2S. The number of thiophene rings is 1. The number of benzene rings is 1. The summed E-state index contributed by atoms with van der Waals surface area (Å²) in [7, 11) is 1.63. The van der Waals surface area contributed by atoms with Gasteiger partial charge in [-0.25, -0.2) is 4.99 Å². The maximum absolute atomic E-state index is 9.57. The normalized spacial score (nSPS) is 13.6. The van der Waals surface area contributed by atoms with E-state index in [1.807, 2.05) is 12.1 Å². The molecule has 0 fully saturated rings. The highest BCUT2D eigenvalue weighted by Crippen LogP contribution is 2.40. The van der Waals surface area contributed by atoms with Crippen molar-refractivity contribution in [3.05, 3.63) is 38.2 Å². The molecule has 0 saturated heterocycles. The number of rotatable bonds is 6. The summed E-state index contributed by atoms with van der Waals surface area (Å²) in [5.41, 5.74) is 2.84. The highest BCUT2D eigenvalue weighted by molar-refractivity contribution is 9.10. The minimum absolute atomic E-state index is 0.428. The van der Waals surface area contributed by atoms with E-state index in [4.69, 9.17) is 9.47 Å². The smallest absolute Gasteiger partial charge is 0.175 e. The molecule has 6 heteroatoms.